The van der Waals surface area contributed by atoms with Crippen LogP contribution in [0.5, 0.6) is 0 Å². The molecule has 0 bridgehead atoms. The molecule has 1 fully saturated rings. The zero-order chi connectivity index (χ0) is 30.3. The number of nitrogens with zero attached hydrogens (tertiary/aromatic N) is 1. The number of ether oxygens (including phenoxy) is 2. The summed E-state index contributed by atoms with van der Waals surface area (Å²) in [6.07, 6.45) is -0.264. The van der Waals surface area contributed by atoms with Gasteiger partial charge in [0.05, 0.1) is 18.8 Å². The first-order valence-corrected chi connectivity index (χ1v) is 15.6. The maximum absolute atomic E-state index is 11.3. The van der Waals surface area contributed by atoms with Gasteiger partial charge in [0, 0.05) is 42.3 Å². The Balaban J connectivity index is 1.23. The molecule has 1 aliphatic heterocycles. The molecule has 0 radical (unpaired) electrons. The first-order valence-electron chi connectivity index (χ1n) is 14.6. The number of thioether (sulfide) groups is 1. The number of amides is 1. The molecule has 1 amide bonds. The lowest BCUT2D eigenvalue weighted by atomic mass is 10.0. The average Bonchev–Trinajstić information content (AvgIpc) is 3.52. The minimum absolute atomic E-state index is 0.00622. The van der Waals surface area contributed by atoms with Crippen molar-refractivity contribution in [1.82, 2.24) is 10.3 Å². The van der Waals surface area contributed by atoms with Crippen LogP contribution < -0.4 is 5.32 Å². The molecule has 2 heterocycles. The third kappa shape index (κ3) is 7.29. The topological polar surface area (TPSA) is 93.8 Å². The molecule has 3 unspecified atom stereocenters. The largest absolute Gasteiger partial charge is 0.431 e. The van der Waals surface area contributed by atoms with Gasteiger partial charge in [0.2, 0.25) is 5.91 Å². The van der Waals surface area contributed by atoms with E-state index >= 15 is 0 Å². The molecule has 44 heavy (non-hydrogen) atoms. The summed E-state index contributed by atoms with van der Waals surface area (Å²) < 4.78 is 19.4. The molecular weight excluding hydrogens is 572 g/mol. The number of carbonyl (C=O) groups is 1. The summed E-state index contributed by atoms with van der Waals surface area (Å²) in [4.78, 5) is 16.2. The van der Waals surface area contributed by atoms with E-state index in [1.807, 2.05) is 109 Å². The Labute approximate surface area is 261 Å². The number of oxazole rings is 1. The van der Waals surface area contributed by atoms with Crippen molar-refractivity contribution in [3.05, 3.63) is 131 Å². The monoisotopic (exact) mass is 606 g/mol. The Morgan fingerprint density at radius 1 is 0.841 bits per heavy atom. The van der Waals surface area contributed by atoms with Crippen LogP contribution in [0.3, 0.4) is 0 Å². The summed E-state index contributed by atoms with van der Waals surface area (Å²) in [7, 11) is 0. The van der Waals surface area contributed by atoms with Crippen LogP contribution in [-0.2, 0) is 27.4 Å². The van der Waals surface area contributed by atoms with E-state index in [2.05, 4.69) is 5.32 Å². The fourth-order valence-corrected chi connectivity index (χ4v) is 5.99. The minimum atomic E-state index is -0.573. The number of carbonyl (C=O) groups excluding carboxylic acids is 1. The number of hydrogen-bond acceptors (Lipinski definition) is 7. The molecule has 0 aliphatic carbocycles. The van der Waals surface area contributed by atoms with Crippen molar-refractivity contribution in [1.29, 1.82) is 0 Å². The van der Waals surface area contributed by atoms with Crippen LogP contribution in [0.2, 0.25) is 0 Å². The van der Waals surface area contributed by atoms with Gasteiger partial charge >= 0.3 is 0 Å². The SMILES string of the molecule is CC(=O)NCc1ccc(C2OC(CSc3nc(-c4ccccc4)c(-c4ccccc4)o3)CC(c3ccc(CO)cc3)O2)cc1. The molecule has 1 aromatic heterocycles. The van der Waals surface area contributed by atoms with Gasteiger partial charge in [-0.2, -0.15) is 0 Å². The quantitative estimate of drug-likeness (QED) is 0.159. The average molecular weight is 607 g/mol. The lowest BCUT2D eigenvalue weighted by molar-refractivity contribution is -0.245. The van der Waals surface area contributed by atoms with E-state index in [1.165, 1.54) is 18.7 Å². The Bertz CT molecular complexity index is 1600. The molecule has 8 heteroatoms. The van der Waals surface area contributed by atoms with Crippen molar-refractivity contribution in [3.63, 3.8) is 0 Å². The third-order valence-electron chi connectivity index (χ3n) is 7.49. The summed E-state index contributed by atoms with van der Waals surface area (Å²) in [5.41, 5.74) is 6.56. The Morgan fingerprint density at radius 2 is 1.48 bits per heavy atom. The summed E-state index contributed by atoms with van der Waals surface area (Å²) in [6, 6.07) is 35.9. The second kappa shape index (κ2) is 14.1. The summed E-state index contributed by atoms with van der Waals surface area (Å²) in [5.74, 6) is 1.29. The standard InChI is InChI=1S/C36H34N2O5S/c1-24(40)37-21-25-12-18-30(19-13-25)35-41-31(20-32(42-35)27-16-14-26(22-39)15-17-27)23-44-36-38-33(28-8-4-2-5-9-28)34(43-36)29-10-6-3-7-11-29/h2-19,31-32,35,39H,20-23H2,1H3,(H,37,40). The van der Waals surface area contributed by atoms with E-state index in [0.717, 1.165) is 44.8 Å². The molecule has 3 atom stereocenters. The van der Waals surface area contributed by atoms with E-state index in [4.69, 9.17) is 18.9 Å². The van der Waals surface area contributed by atoms with Crippen molar-refractivity contribution in [2.45, 2.75) is 50.2 Å². The molecule has 224 valence electrons. The van der Waals surface area contributed by atoms with Crippen molar-refractivity contribution < 1.29 is 23.8 Å². The zero-order valence-corrected chi connectivity index (χ0v) is 25.2. The van der Waals surface area contributed by atoms with E-state index in [0.29, 0.717) is 23.9 Å². The highest BCUT2D eigenvalue weighted by Crippen LogP contribution is 2.41. The van der Waals surface area contributed by atoms with E-state index in [-0.39, 0.29) is 24.7 Å². The van der Waals surface area contributed by atoms with Gasteiger partial charge in [0.1, 0.15) is 5.69 Å². The summed E-state index contributed by atoms with van der Waals surface area (Å²) in [6.45, 7) is 1.97. The van der Waals surface area contributed by atoms with E-state index in [1.54, 1.807) is 0 Å². The molecule has 0 spiro atoms. The number of aromatic nitrogens is 1. The van der Waals surface area contributed by atoms with Crippen molar-refractivity contribution in [2.75, 3.05) is 5.75 Å². The van der Waals surface area contributed by atoms with Gasteiger partial charge in [-0.3, -0.25) is 4.79 Å². The second-order valence-electron chi connectivity index (χ2n) is 10.7. The van der Waals surface area contributed by atoms with Gasteiger partial charge in [0.15, 0.2) is 12.1 Å². The molecule has 5 aromatic rings. The molecule has 6 rings (SSSR count). The van der Waals surface area contributed by atoms with Crippen molar-refractivity contribution >= 4 is 17.7 Å². The maximum atomic E-state index is 11.3. The van der Waals surface area contributed by atoms with Crippen LogP contribution in [0.15, 0.2) is 119 Å². The zero-order valence-electron chi connectivity index (χ0n) is 24.4. The number of nitrogens with one attached hydrogen (secondary N) is 1. The highest BCUT2D eigenvalue weighted by Gasteiger charge is 2.33. The van der Waals surface area contributed by atoms with E-state index in [9.17, 15) is 9.90 Å². The van der Waals surface area contributed by atoms with Gasteiger partial charge < -0.3 is 24.3 Å². The molecule has 2 N–H and O–H groups in total. The normalized spacial score (nSPS) is 18.2. The number of hydrogen-bond donors (Lipinski definition) is 2. The van der Waals surface area contributed by atoms with E-state index < -0.39 is 6.29 Å². The number of aliphatic hydroxyl groups is 1. The van der Waals surface area contributed by atoms with Gasteiger partial charge in [-0.05, 0) is 16.7 Å². The predicted octanol–water partition coefficient (Wildman–Crippen LogP) is 7.47. The van der Waals surface area contributed by atoms with Gasteiger partial charge in [0.25, 0.3) is 5.22 Å². The van der Waals surface area contributed by atoms with Crippen molar-refractivity contribution in [2.24, 2.45) is 0 Å². The molecule has 1 aliphatic rings. The summed E-state index contributed by atoms with van der Waals surface area (Å²) in [5, 5.41) is 12.9. The molecular formula is C36H34N2O5S. The van der Waals surface area contributed by atoms with Crippen LogP contribution in [-0.4, -0.2) is 27.9 Å². The Hall–Kier alpha value is -4.21. The first kappa shape index (κ1) is 29.8. The molecule has 0 saturated carbocycles. The second-order valence-corrected chi connectivity index (χ2v) is 11.7. The van der Waals surface area contributed by atoms with Gasteiger partial charge in [-0.1, -0.05) is 121 Å². The fourth-order valence-electron chi connectivity index (χ4n) is 5.15. The van der Waals surface area contributed by atoms with Crippen LogP contribution in [0.4, 0.5) is 0 Å². The smallest absolute Gasteiger partial charge is 0.256 e. The first-order chi connectivity index (χ1) is 21.6. The fraction of sp³-hybridized carbons (Fsp3) is 0.222. The minimum Gasteiger partial charge on any atom is -0.431 e. The molecule has 4 aromatic carbocycles. The van der Waals surface area contributed by atoms with Gasteiger partial charge in [-0.25, -0.2) is 4.98 Å². The predicted molar refractivity (Wildman–Crippen MR) is 170 cm³/mol. The number of benzene rings is 4. The number of aliphatic hydroxyl groups excluding tert-OH is 1. The molecule has 7 nitrogen and oxygen atoms in total. The van der Waals surface area contributed by atoms with Crippen LogP contribution in [0, 0.1) is 0 Å². The lowest BCUT2D eigenvalue weighted by Gasteiger charge is -2.36. The molecule has 1 saturated heterocycles. The number of rotatable bonds is 10. The third-order valence-corrected chi connectivity index (χ3v) is 8.45. The lowest BCUT2D eigenvalue weighted by Crippen LogP contribution is -2.31. The highest BCUT2D eigenvalue weighted by molar-refractivity contribution is 7.99. The highest BCUT2D eigenvalue weighted by atomic mass is 32.2. The van der Waals surface area contributed by atoms with Crippen LogP contribution >= 0.6 is 11.8 Å². The Kier molecular flexibility index (Phi) is 9.53. The Morgan fingerprint density at radius 3 is 2.14 bits per heavy atom. The maximum Gasteiger partial charge on any atom is 0.256 e. The summed E-state index contributed by atoms with van der Waals surface area (Å²) >= 11 is 1.53. The van der Waals surface area contributed by atoms with Crippen LogP contribution in [0.25, 0.3) is 22.6 Å². The van der Waals surface area contributed by atoms with Crippen LogP contribution in [0.1, 0.15) is 48.0 Å². The van der Waals surface area contributed by atoms with Crippen molar-refractivity contribution in [3.8, 4) is 22.6 Å². The van der Waals surface area contributed by atoms with Gasteiger partial charge in [-0.15, -0.1) is 0 Å².